The number of nitrogens with two attached hydrogens (primary N) is 1. The topological polar surface area (TPSA) is 79.2 Å². The van der Waals surface area contributed by atoms with Gasteiger partial charge in [-0.3, -0.25) is 9.59 Å². The van der Waals surface area contributed by atoms with Gasteiger partial charge in [-0.2, -0.15) is 0 Å². The van der Waals surface area contributed by atoms with Crippen molar-refractivity contribution in [3.63, 3.8) is 0 Å². The Morgan fingerprint density at radius 2 is 2.14 bits per heavy atom. The molecule has 2 aromatic rings. The molecule has 5 rings (SSSR count). The van der Waals surface area contributed by atoms with Crippen molar-refractivity contribution in [2.24, 2.45) is 11.7 Å². The Hall–Kier alpha value is -1.66. The number of amides is 1. The molecule has 5 nitrogen and oxygen atoms in total. The molecular formula is C15H17N3O2S. The average molecular weight is 303 g/mol. The second-order valence-electron chi connectivity index (χ2n) is 6.03. The van der Waals surface area contributed by atoms with Gasteiger partial charge in [0.2, 0.25) is 5.43 Å². The smallest absolute Gasteiger partial charge is 0.254 e. The molecule has 0 aromatic carbocycles. The lowest BCUT2D eigenvalue weighted by atomic mass is 9.78. The molecule has 0 radical (unpaired) electrons. The molecule has 0 saturated carbocycles. The molecule has 6 heteroatoms. The van der Waals surface area contributed by atoms with Crippen LogP contribution >= 0.6 is 11.3 Å². The Kier molecular flexibility index (Phi) is 2.90. The van der Waals surface area contributed by atoms with Crippen LogP contribution < -0.4 is 11.2 Å². The van der Waals surface area contributed by atoms with Crippen molar-refractivity contribution in [3.05, 3.63) is 32.9 Å². The first kappa shape index (κ1) is 13.0. The number of nitrogens with zero attached hydrogens (tertiary/aromatic N) is 1. The summed E-state index contributed by atoms with van der Waals surface area (Å²) in [4.78, 5) is 30.4. The fraction of sp³-hybridized carbons (Fsp3) is 0.467. The number of nitrogens with one attached hydrogen (secondary N) is 1. The van der Waals surface area contributed by atoms with Gasteiger partial charge in [0.25, 0.3) is 5.91 Å². The summed E-state index contributed by atoms with van der Waals surface area (Å²) in [6.07, 6.45) is 3.93. The van der Waals surface area contributed by atoms with Crippen LogP contribution in [0.15, 0.2) is 17.1 Å². The summed E-state index contributed by atoms with van der Waals surface area (Å²) in [5.74, 6) is 0.583. The van der Waals surface area contributed by atoms with Crippen molar-refractivity contribution in [3.8, 4) is 0 Å². The van der Waals surface area contributed by atoms with Crippen molar-refractivity contribution in [1.29, 1.82) is 0 Å². The molecule has 3 N–H and O–H groups in total. The Bertz CT molecular complexity index is 771. The van der Waals surface area contributed by atoms with E-state index in [0.29, 0.717) is 10.6 Å². The predicted octanol–water partition coefficient (Wildman–Crippen LogP) is 1.50. The molecule has 5 heterocycles. The van der Waals surface area contributed by atoms with Gasteiger partial charge in [-0.1, -0.05) is 0 Å². The summed E-state index contributed by atoms with van der Waals surface area (Å²) in [6, 6.07) is 2.08. The number of rotatable bonds is 2. The van der Waals surface area contributed by atoms with E-state index in [-0.39, 0.29) is 11.0 Å². The molecule has 2 bridgehead atoms. The van der Waals surface area contributed by atoms with Gasteiger partial charge < -0.3 is 15.6 Å². The number of hydrogen-bond acceptors (Lipinski definition) is 4. The molecule has 3 saturated heterocycles. The third kappa shape index (κ3) is 2.01. The minimum absolute atomic E-state index is 0.0461. The molecule has 3 aliphatic rings. The van der Waals surface area contributed by atoms with Crippen LogP contribution in [0.25, 0.3) is 10.2 Å². The molecule has 110 valence electrons. The lowest BCUT2D eigenvalue weighted by Gasteiger charge is -2.44. The van der Waals surface area contributed by atoms with Crippen LogP contribution in [0.1, 0.15) is 34.0 Å². The lowest BCUT2D eigenvalue weighted by molar-refractivity contribution is 0.0885. The van der Waals surface area contributed by atoms with Crippen LogP contribution in [0.2, 0.25) is 0 Å². The number of aromatic amines is 1. The van der Waals surface area contributed by atoms with E-state index in [1.165, 1.54) is 48.3 Å². The quantitative estimate of drug-likeness (QED) is 0.882. The molecule has 0 unspecified atom stereocenters. The number of piperidine rings is 3. The van der Waals surface area contributed by atoms with E-state index in [4.69, 9.17) is 5.73 Å². The highest BCUT2D eigenvalue weighted by atomic mass is 32.1. The van der Waals surface area contributed by atoms with Gasteiger partial charge in [0.1, 0.15) is 5.56 Å². The van der Waals surface area contributed by atoms with Gasteiger partial charge in [-0.15, -0.1) is 11.3 Å². The molecule has 21 heavy (non-hydrogen) atoms. The molecule has 1 amide bonds. The Morgan fingerprint density at radius 1 is 1.38 bits per heavy atom. The molecule has 2 aromatic heterocycles. The molecule has 1 atom stereocenters. The summed E-state index contributed by atoms with van der Waals surface area (Å²) in [5, 5.41) is 0. The highest BCUT2D eigenvalue weighted by molar-refractivity contribution is 7.19. The predicted molar refractivity (Wildman–Crippen MR) is 82.9 cm³/mol. The van der Waals surface area contributed by atoms with Gasteiger partial charge in [0.15, 0.2) is 0 Å². The zero-order chi connectivity index (χ0) is 14.6. The number of aromatic nitrogens is 1. The van der Waals surface area contributed by atoms with Crippen molar-refractivity contribution in [1.82, 2.24) is 9.88 Å². The van der Waals surface area contributed by atoms with Crippen LogP contribution in [0, 0.1) is 5.92 Å². The fourth-order valence-electron chi connectivity index (χ4n) is 3.68. The van der Waals surface area contributed by atoms with Crippen molar-refractivity contribution in [2.75, 3.05) is 19.6 Å². The molecular weight excluding hydrogens is 286 g/mol. The number of fused-ring (bicyclic) bond motifs is 4. The van der Waals surface area contributed by atoms with E-state index in [2.05, 4.69) is 16.0 Å². The van der Waals surface area contributed by atoms with E-state index in [0.717, 1.165) is 18.0 Å². The second kappa shape index (κ2) is 4.68. The van der Waals surface area contributed by atoms with E-state index >= 15 is 0 Å². The first-order chi connectivity index (χ1) is 10.1. The normalized spacial score (nSPS) is 28.1. The minimum Gasteiger partial charge on any atom is -0.365 e. The highest BCUT2D eigenvalue weighted by Gasteiger charge is 2.35. The first-order valence-corrected chi connectivity index (χ1v) is 8.12. The van der Waals surface area contributed by atoms with E-state index < -0.39 is 5.91 Å². The molecule has 0 spiro atoms. The van der Waals surface area contributed by atoms with Gasteiger partial charge in [0.05, 0.1) is 10.2 Å². The Labute approximate surface area is 125 Å². The summed E-state index contributed by atoms with van der Waals surface area (Å²) >= 11 is 1.52. The van der Waals surface area contributed by atoms with Crippen LogP contribution in [-0.2, 0) is 0 Å². The molecule has 3 aliphatic heterocycles. The number of hydrogen-bond donors (Lipinski definition) is 2. The number of carbonyl (C=O) groups is 1. The van der Waals surface area contributed by atoms with Crippen LogP contribution in [0.5, 0.6) is 0 Å². The standard InChI is InChI=1S/C15H17N3O2S/c16-15(20)9-6-17-11-5-12(21-14(11)13(9)19)10-7-18-3-1-8(10)2-4-18/h5-6,8,10H,1-4,7H2,(H2,16,20)(H,17,19)/t10-/m1/s1. The minimum atomic E-state index is -0.670. The maximum absolute atomic E-state index is 12.3. The lowest BCUT2D eigenvalue weighted by Crippen LogP contribution is -2.45. The zero-order valence-corrected chi connectivity index (χ0v) is 12.4. The summed E-state index contributed by atoms with van der Waals surface area (Å²) in [6.45, 7) is 3.50. The van der Waals surface area contributed by atoms with Gasteiger partial charge in [-0.05, 0) is 37.9 Å². The Balaban J connectivity index is 1.79. The van der Waals surface area contributed by atoms with Gasteiger partial charge in [0, 0.05) is 23.5 Å². The molecule has 3 fully saturated rings. The van der Waals surface area contributed by atoms with Crippen molar-refractivity contribution < 1.29 is 4.79 Å². The average Bonchev–Trinajstić information content (AvgIpc) is 2.93. The van der Waals surface area contributed by atoms with Crippen LogP contribution in [0.4, 0.5) is 0 Å². The van der Waals surface area contributed by atoms with Crippen LogP contribution in [-0.4, -0.2) is 35.4 Å². The summed E-state index contributed by atoms with van der Waals surface area (Å²) < 4.78 is 0.623. The first-order valence-electron chi connectivity index (χ1n) is 7.31. The Morgan fingerprint density at radius 3 is 2.76 bits per heavy atom. The second-order valence-corrected chi connectivity index (χ2v) is 7.12. The number of H-pyrrole nitrogens is 1. The number of carbonyl (C=O) groups excluding carboxylic acids is 1. The highest BCUT2D eigenvalue weighted by Crippen LogP contribution is 2.42. The largest absolute Gasteiger partial charge is 0.365 e. The van der Waals surface area contributed by atoms with E-state index in [1.807, 2.05) is 0 Å². The number of primary amides is 1. The summed E-state index contributed by atoms with van der Waals surface area (Å²) in [7, 11) is 0. The third-order valence-electron chi connectivity index (χ3n) is 4.86. The van der Waals surface area contributed by atoms with E-state index in [9.17, 15) is 9.59 Å². The third-order valence-corrected chi connectivity index (χ3v) is 6.13. The number of pyridine rings is 1. The maximum Gasteiger partial charge on any atom is 0.254 e. The number of thiophene rings is 1. The van der Waals surface area contributed by atoms with E-state index in [1.54, 1.807) is 0 Å². The SMILES string of the molecule is NC(=O)c1c[nH]c2cc([C@@H]3CN4CCC3CC4)sc2c1=O. The van der Waals surface area contributed by atoms with Gasteiger partial charge >= 0.3 is 0 Å². The van der Waals surface area contributed by atoms with Crippen molar-refractivity contribution >= 4 is 27.5 Å². The zero-order valence-electron chi connectivity index (χ0n) is 11.6. The molecule has 0 aliphatic carbocycles. The monoisotopic (exact) mass is 303 g/mol. The van der Waals surface area contributed by atoms with Crippen LogP contribution in [0.3, 0.4) is 0 Å². The summed E-state index contributed by atoms with van der Waals surface area (Å²) in [5.41, 5.74) is 5.87. The van der Waals surface area contributed by atoms with Crippen molar-refractivity contribution in [2.45, 2.75) is 18.8 Å². The maximum atomic E-state index is 12.3. The fourth-order valence-corrected chi connectivity index (χ4v) is 4.94. The van der Waals surface area contributed by atoms with Gasteiger partial charge in [-0.25, -0.2) is 0 Å².